The minimum absolute atomic E-state index is 0.0533. The molecule has 2 N–H and O–H groups in total. The van der Waals surface area contributed by atoms with Gasteiger partial charge in [-0.05, 0) is 23.8 Å². The second-order valence-electron chi connectivity index (χ2n) is 4.67. The van der Waals surface area contributed by atoms with Crippen LogP contribution in [0.2, 0.25) is 0 Å². The van der Waals surface area contributed by atoms with E-state index in [-0.39, 0.29) is 10.5 Å². The minimum Gasteiger partial charge on any atom is -0.329 e. The number of alkyl halides is 3. The fraction of sp³-hybridized carbons (Fsp3) is 0.200. The lowest BCUT2D eigenvalue weighted by molar-refractivity contribution is -0.138. The van der Waals surface area contributed by atoms with Gasteiger partial charge in [0.25, 0.3) is 0 Å². The van der Waals surface area contributed by atoms with Crippen molar-refractivity contribution in [1.82, 2.24) is 0 Å². The second-order valence-corrected chi connectivity index (χ2v) is 6.80. The standard InChI is InChI=1S/C15H14F3NO2S/c16-15(17,18)13-9-5-4-8-12(13)14(10-19)22(20,21)11-6-2-1-3-7-11/h1-9,14H,10,19H2/t14-/m0/s1. The summed E-state index contributed by atoms with van der Waals surface area (Å²) in [6.07, 6.45) is -4.64. The molecule has 0 aliphatic heterocycles. The van der Waals surface area contributed by atoms with Gasteiger partial charge in [-0.25, -0.2) is 8.42 Å². The summed E-state index contributed by atoms with van der Waals surface area (Å²) in [5.74, 6) is 0. The molecule has 7 heteroatoms. The van der Waals surface area contributed by atoms with E-state index in [1.807, 2.05) is 0 Å². The Morgan fingerprint density at radius 3 is 2.05 bits per heavy atom. The zero-order chi connectivity index (χ0) is 16.4. The Labute approximate surface area is 126 Å². The molecule has 22 heavy (non-hydrogen) atoms. The molecule has 2 rings (SSSR count). The van der Waals surface area contributed by atoms with Crippen LogP contribution in [0.1, 0.15) is 16.4 Å². The van der Waals surface area contributed by atoms with Gasteiger partial charge in [0.1, 0.15) is 5.25 Å². The Hall–Kier alpha value is -1.86. The fourth-order valence-electron chi connectivity index (χ4n) is 2.23. The highest BCUT2D eigenvalue weighted by Gasteiger charge is 2.38. The highest BCUT2D eigenvalue weighted by molar-refractivity contribution is 7.91. The molecular formula is C15H14F3NO2S. The van der Waals surface area contributed by atoms with Crippen molar-refractivity contribution in [2.75, 3.05) is 6.54 Å². The van der Waals surface area contributed by atoms with Gasteiger partial charge in [0.15, 0.2) is 9.84 Å². The first-order valence-corrected chi connectivity index (χ1v) is 7.98. The summed E-state index contributed by atoms with van der Waals surface area (Å²) in [6.45, 7) is -0.440. The fourth-order valence-corrected chi connectivity index (χ4v) is 3.89. The van der Waals surface area contributed by atoms with Gasteiger partial charge < -0.3 is 5.73 Å². The van der Waals surface area contributed by atoms with E-state index in [9.17, 15) is 21.6 Å². The molecule has 0 radical (unpaired) electrons. The molecule has 0 heterocycles. The maximum Gasteiger partial charge on any atom is 0.416 e. The van der Waals surface area contributed by atoms with Gasteiger partial charge in [-0.3, -0.25) is 0 Å². The molecule has 0 aromatic heterocycles. The van der Waals surface area contributed by atoms with Gasteiger partial charge in [-0.2, -0.15) is 13.2 Å². The van der Waals surface area contributed by atoms with Crippen LogP contribution in [-0.4, -0.2) is 15.0 Å². The van der Waals surface area contributed by atoms with Crippen molar-refractivity contribution in [3.05, 3.63) is 65.7 Å². The van der Waals surface area contributed by atoms with Crippen LogP contribution in [0.4, 0.5) is 13.2 Å². The third-order valence-electron chi connectivity index (χ3n) is 3.27. The zero-order valence-electron chi connectivity index (χ0n) is 11.4. The Morgan fingerprint density at radius 2 is 1.50 bits per heavy atom. The first-order chi connectivity index (χ1) is 10.3. The van der Waals surface area contributed by atoms with Crippen LogP contribution in [0, 0.1) is 0 Å². The summed E-state index contributed by atoms with van der Waals surface area (Å²) < 4.78 is 64.5. The van der Waals surface area contributed by atoms with Crippen molar-refractivity contribution in [3.63, 3.8) is 0 Å². The molecule has 1 atom stereocenters. The van der Waals surface area contributed by atoms with Gasteiger partial charge in [-0.15, -0.1) is 0 Å². The van der Waals surface area contributed by atoms with Crippen molar-refractivity contribution >= 4 is 9.84 Å². The number of nitrogens with two attached hydrogens (primary N) is 1. The Balaban J connectivity index is 2.60. The molecule has 2 aromatic carbocycles. The molecule has 118 valence electrons. The molecular weight excluding hydrogens is 315 g/mol. The summed E-state index contributed by atoms with van der Waals surface area (Å²) in [5.41, 5.74) is 4.18. The normalized spacial score (nSPS) is 13.8. The third-order valence-corrected chi connectivity index (χ3v) is 5.40. The third kappa shape index (κ3) is 3.15. The van der Waals surface area contributed by atoms with Gasteiger partial charge in [0, 0.05) is 6.54 Å². The van der Waals surface area contributed by atoms with E-state index in [1.54, 1.807) is 6.07 Å². The van der Waals surface area contributed by atoms with Crippen LogP contribution in [0.15, 0.2) is 59.5 Å². The Morgan fingerprint density at radius 1 is 0.955 bits per heavy atom. The lowest BCUT2D eigenvalue weighted by atomic mass is 10.0. The van der Waals surface area contributed by atoms with Crippen LogP contribution in [-0.2, 0) is 16.0 Å². The van der Waals surface area contributed by atoms with Crippen molar-refractivity contribution in [1.29, 1.82) is 0 Å². The van der Waals surface area contributed by atoms with E-state index in [2.05, 4.69) is 0 Å². The quantitative estimate of drug-likeness (QED) is 0.937. The molecule has 0 aliphatic carbocycles. The van der Waals surface area contributed by atoms with Crippen LogP contribution >= 0.6 is 0 Å². The molecule has 0 bridgehead atoms. The van der Waals surface area contributed by atoms with Crippen LogP contribution in [0.3, 0.4) is 0 Å². The Bertz CT molecular complexity index is 743. The predicted octanol–water partition coefficient (Wildman–Crippen LogP) is 3.18. The van der Waals surface area contributed by atoms with Crippen molar-refractivity contribution < 1.29 is 21.6 Å². The van der Waals surface area contributed by atoms with E-state index >= 15 is 0 Å². The van der Waals surface area contributed by atoms with E-state index < -0.39 is 33.4 Å². The minimum atomic E-state index is -4.64. The summed E-state index contributed by atoms with van der Waals surface area (Å²) in [7, 11) is -4.01. The first kappa shape index (κ1) is 16.5. The molecule has 0 amide bonds. The van der Waals surface area contributed by atoms with Crippen molar-refractivity contribution in [2.24, 2.45) is 5.73 Å². The van der Waals surface area contributed by atoms with E-state index in [0.29, 0.717) is 0 Å². The molecule has 0 spiro atoms. The first-order valence-electron chi connectivity index (χ1n) is 6.43. The van der Waals surface area contributed by atoms with Gasteiger partial charge in [0.05, 0.1) is 10.5 Å². The van der Waals surface area contributed by atoms with Gasteiger partial charge in [-0.1, -0.05) is 36.4 Å². The molecule has 0 fully saturated rings. The van der Waals surface area contributed by atoms with Gasteiger partial charge >= 0.3 is 6.18 Å². The van der Waals surface area contributed by atoms with Gasteiger partial charge in [0.2, 0.25) is 0 Å². The summed E-state index contributed by atoms with van der Waals surface area (Å²) in [5, 5.41) is -1.45. The summed E-state index contributed by atoms with van der Waals surface area (Å²) in [6, 6.07) is 11.9. The van der Waals surface area contributed by atoms with Crippen molar-refractivity contribution in [2.45, 2.75) is 16.3 Å². The molecule has 2 aromatic rings. The largest absolute Gasteiger partial charge is 0.416 e. The maximum absolute atomic E-state index is 13.1. The second kappa shape index (κ2) is 6.10. The predicted molar refractivity (Wildman–Crippen MR) is 76.9 cm³/mol. The zero-order valence-corrected chi connectivity index (χ0v) is 12.2. The SMILES string of the molecule is NC[C@@H](c1ccccc1C(F)(F)F)S(=O)(=O)c1ccccc1. The smallest absolute Gasteiger partial charge is 0.329 e. The van der Waals surface area contributed by atoms with Crippen LogP contribution < -0.4 is 5.73 Å². The number of sulfone groups is 1. The van der Waals surface area contributed by atoms with E-state index in [4.69, 9.17) is 5.73 Å². The summed E-state index contributed by atoms with van der Waals surface area (Å²) in [4.78, 5) is -0.0533. The summed E-state index contributed by atoms with van der Waals surface area (Å²) >= 11 is 0. The average molecular weight is 329 g/mol. The Kier molecular flexibility index (Phi) is 4.58. The number of hydrogen-bond donors (Lipinski definition) is 1. The number of hydrogen-bond acceptors (Lipinski definition) is 3. The highest BCUT2D eigenvalue weighted by Crippen LogP contribution is 2.38. The topological polar surface area (TPSA) is 60.2 Å². The van der Waals surface area contributed by atoms with Crippen molar-refractivity contribution in [3.8, 4) is 0 Å². The van der Waals surface area contributed by atoms with Crippen LogP contribution in [0.5, 0.6) is 0 Å². The molecule has 0 aliphatic rings. The molecule has 0 saturated heterocycles. The lowest BCUT2D eigenvalue weighted by Gasteiger charge is -2.20. The lowest BCUT2D eigenvalue weighted by Crippen LogP contribution is -2.25. The molecule has 0 unspecified atom stereocenters. The highest BCUT2D eigenvalue weighted by atomic mass is 32.2. The van der Waals surface area contributed by atoms with E-state index in [0.717, 1.165) is 12.1 Å². The maximum atomic E-state index is 13.1. The average Bonchev–Trinajstić information content (AvgIpc) is 2.48. The van der Waals surface area contributed by atoms with Crippen LogP contribution in [0.25, 0.3) is 0 Å². The van der Waals surface area contributed by atoms with E-state index in [1.165, 1.54) is 36.4 Å². The monoisotopic (exact) mass is 329 g/mol. The number of rotatable bonds is 4. The molecule has 3 nitrogen and oxygen atoms in total. The number of benzene rings is 2. The molecule has 0 saturated carbocycles. The number of halogens is 3.